The molecule has 1 heterocycles. The van der Waals surface area contributed by atoms with Gasteiger partial charge in [0.2, 0.25) is 11.7 Å². The van der Waals surface area contributed by atoms with E-state index < -0.39 is 0 Å². The minimum Gasteiger partial charge on any atom is -0.338 e. The molecule has 0 radical (unpaired) electrons. The van der Waals surface area contributed by atoms with E-state index in [0.717, 1.165) is 10.0 Å². The molecule has 0 bridgehead atoms. The zero-order valence-electron chi connectivity index (χ0n) is 11.0. The van der Waals surface area contributed by atoms with E-state index in [0.29, 0.717) is 17.3 Å². The highest BCUT2D eigenvalue weighted by Crippen LogP contribution is 2.25. The normalized spacial score (nSPS) is 10.5. The van der Waals surface area contributed by atoms with E-state index in [2.05, 4.69) is 26.1 Å². The molecule has 0 saturated heterocycles. The van der Waals surface area contributed by atoms with Gasteiger partial charge in [0.05, 0.1) is 6.42 Å². The molecule has 0 spiro atoms. The quantitative estimate of drug-likeness (QED) is 0.674. The van der Waals surface area contributed by atoms with Crippen LogP contribution in [0.3, 0.4) is 0 Å². The highest BCUT2D eigenvalue weighted by molar-refractivity contribution is 9.10. The van der Waals surface area contributed by atoms with Crippen LogP contribution in [0.2, 0.25) is 0 Å². The summed E-state index contributed by atoms with van der Waals surface area (Å²) < 4.78 is 6.04. The molecule has 5 heteroatoms. The van der Waals surface area contributed by atoms with Gasteiger partial charge in [0.15, 0.2) is 5.78 Å². The van der Waals surface area contributed by atoms with E-state index in [9.17, 15) is 4.79 Å². The van der Waals surface area contributed by atoms with Crippen molar-refractivity contribution in [2.75, 3.05) is 0 Å². The number of benzene rings is 2. The Bertz CT molecular complexity index is 769. The van der Waals surface area contributed by atoms with Gasteiger partial charge >= 0.3 is 0 Å². The molecule has 0 amide bonds. The number of ketones is 1. The predicted octanol–water partition coefficient (Wildman–Crippen LogP) is 3.92. The summed E-state index contributed by atoms with van der Waals surface area (Å²) in [6, 6.07) is 16.7. The number of hydrogen-bond acceptors (Lipinski definition) is 4. The third-order valence-electron chi connectivity index (χ3n) is 2.99. The first-order valence-electron chi connectivity index (χ1n) is 6.40. The number of nitrogens with zero attached hydrogens (tertiary/aromatic N) is 2. The molecule has 0 atom stereocenters. The summed E-state index contributed by atoms with van der Waals surface area (Å²) in [5, 5.41) is 3.93. The third-order valence-corrected chi connectivity index (χ3v) is 3.68. The summed E-state index contributed by atoms with van der Waals surface area (Å²) in [6.45, 7) is 0. The second-order valence-corrected chi connectivity index (χ2v) is 5.31. The van der Waals surface area contributed by atoms with Crippen LogP contribution < -0.4 is 0 Å². The lowest BCUT2D eigenvalue weighted by atomic mass is 10.1. The second-order valence-electron chi connectivity index (χ2n) is 4.46. The van der Waals surface area contributed by atoms with Gasteiger partial charge in [0.25, 0.3) is 0 Å². The number of halogens is 1. The summed E-state index contributed by atoms with van der Waals surface area (Å²) in [5.41, 5.74) is 1.47. The standard InChI is InChI=1S/C16H11BrN2O2/c17-13-9-5-4-8-12(13)16-18-15(21-19-16)10-14(20)11-6-2-1-3-7-11/h1-9H,10H2. The highest BCUT2D eigenvalue weighted by atomic mass is 79.9. The van der Waals surface area contributed by atoms with E-state index in [4.69, 9.17) is 4.52 Å². The Morgan fingerprint density at radius 3 is 2.52 bits per heavy atom. The van der Waals surface area contributed by atoms with Crippen LogP contribution in [0.5, 0.6) is 0 Å². The van der Waals surface area contributed by atoms with Crippen LogP contribution >= 0.6 is 15.9 Å². The van der Waals surface area contributed by atoms with Crippen molar-refractivity contribution in [2.24, 2.45) is 0 Å². The lowest BCUT2D eigenvalue weighted by Gasteiger charge is -1.97. The Hall–Kier alpha value is -2.27. The fourth-order valence-corrected chi connectivity index (χ4v) is 2.40. The van der Waals surface area contributed by atoms with E-state index in [1.807, 2.05) is 42.5 Å². The lowest BCUT2D eigenvalue weighted by molar-refractivity contribution is 0.0983. The van der Waals surface area contributed by atoms with Gasteiger partial charge in [-0.3, -0.25) is 4.79 Å². The highest BCUT2D eigenvalue weighted by Gasteiger charge is 2.15. The number of carbonyl (C=O) groups excluding carboxylic acids is 1. The Kier molecular flexibility index (Phi) is 3.92. The SMILES string of the molecule is O=C(Cc1nc(-c2ccccc2Br)no1)c1ccccc1. The Balaban J connectivity index is 1.80. The van der Waals surface area contributed by atoms with Crippen molar-refractivity contribution in [3.8, 4) is 11.4 Å². The molecular weight excluding hydrogens is 332 g/mol. The van der Waals surface area contributed by atoms with Gasteiger partial charge in [-0.1, -0.05) is 63.6 Å². The molecule has 4 nitrogen and oxygen atoms in total. The van der Waals surface area contributed by atoms with Crippen LogP contribution in [-0.4, -0.2) is 15.9 Å². The molecule has 104 valence electrons. The monoisotopic (exact) mass is 342 g/mol. The molecule has 0 unspecified atom stereocenters. The fraction of sp³-hybridized carbons (Fsp3) is 0.0625. The molecule has 0 aliphatic heterocycles. The molecule has 0 aliphatic carbocycles. The molecule has 3 rings (SSSR count). The molecule has 2 aromatic carbocycles. The van der Waals surface area contributed by atoms with E-state index >= 15 is 0 Å². The fourth-order valence-electron chi connectivity index (χ4n) is 1.94. The summed E-state index contributed by atoms with van der Waals surface area (Å²) in [7, 11) is 0. The maximum absolute atomic E-state index is 12.1. The minimum atomic E-state index is -0.0436. The Morgan fingerprint density at radius 2 is 1.76 bits per heavy atom. The van der Waals surface area contributed by atoms with Crippen molar-refractivity contribution < 1.29 is 9.32 Å². The number of hydrogen-bond donors (Lipinski definition) is 0. The Morgan fingerprint density at radius 1 is 1.05 bits per heavy atom. The van der Waals surface area contributed by atoms with Crippen molar-refractivity contribution in [2.45, 2.75) is 6.42 Å². The summed E-state index contributed by atoms with van der Waals surface area (Å²) in [5.74, 6) is 0.742. The molecule has 0 fully saturated rings. The van der Waals surface area contributed by atoms with Gasteiger partial charge in [0, 0.05) is 15.6 Å². The maximum atomic E-state index is 12.1. The van der Waals surface area contributed by atoms with Crippen LogP contribution in [-0.2, 0) is 6.42 Å². The van der Waals surface area contributed by atoms with Crippen LogP contribution in [0.4, 0.5) is 0 Å². The molecule has 0 aliphatic rings. The minimum absolute atomic E-state index is 0.0436. The molecule has 1 aromatic heterocycles. The van der Waals surface area contributed by atoms with E-state index in [1.165, 1.54) is 0 Å². The van der Waals surface area contributed by atoms with Crippen LogP contribution in [0.15, 0.2) is 63.6 Å². The molecule has 0 saturated carbocycles. The molecule has 21 heavy (non-hydrogen) atoms. The van der Waals surface area contributed by atoms with Gasteiger partial charge in [-0.2, -0.15) is 4.98 Å². The molecular formula is C16H11BrN2O2. The average molecular weight is 343 g/mol. The van der Waals surface area contributed by atoms with Gasteiger partial charge in [0.1, 0.15) is 0 Å². The summed E-state index contributed by atoms with van der Waals surface area (Å²) in [6.07, 6.45) is 0.0987. The van der Waals surface area contributed by atoms with E-state index in [1.54, 1.807) is 12.1 Å². The number of aromatic nitrogens is 2. The maximum Gasteiger partial charge on any atom is 0.234 e. The van der Waals surface area contributed by atoms with Crippen molar-refractivity contribution in [1.82, 2.24) is 10.1 Å². The summed E-state index contributed by atoms with van der Waals surface area (Å²) >= 11 is 3.44. The molecule has 0 N–H and O–H groups in total. The lowest BCUT2D eigenvalue weighted by Crippen LogP contribution is -2.03. The van der Waals surface area contributed by atoms with Crippen molar-refractivity contribution >= 4 is 21.7 Å². The third kappa shape index (κ3) is 3.08. The average Bonchev–Trinajstić information content (AvgIpc) is 2.97. The number of carbonyl (C=O) groups is 1. The largest absolute Gasteiger partial charge is 0.338 e. The smallest absolute Gasteiger partial charge is 0.234 e. The zero-order chi connectivity index (χ0) is 14.7. The van der Waals surface area contributed by atoms with Gasteiger partial charge in [-0.05, 0) is 12.1 Å². The van der Waals surface area contributed by atoms with Crippen molar-refractivity contribution in [3.05, 3.63) is 70.5 Å². The predicted molar refractivity (Wildman–Crippen MR) is 81.9 cm³/mol. The summed E-state index contributed by atoms with van der Waals surface area (Å²) in [4.78, 5) is 16.4. The first-order valence-corrected chi connectivity index (χ1v) is 7.19. The first kappa shape index (κ1) is 13.7. The first-order chi connectivity index (χ1) is 10.2. The zero-order valence-corrected chi connectivity index (χ0v) is 12.6. The Labute approximate surface area is 129 Å². The topological polar surface area (TPSA) is 56.0 Å². The van der Waals surface area contributed by atoms with Crippen molar-refractivity contribution in [1.29, 1.82) is 0 Å². The van der Waals surface area contributed by atoms with E-state index in [-0.39, 0.29) is 12.2 Å². The van der Waals surface area contributed by atoms with Gasteiger partial charge in [-0.25, -0.2) is 0 Å². The number of Topliss-reactive ketones (excluding diaryl/α,β-unsaturated/α-hetero) is 1. The molecule has 3 aromatic rings. The van der Waals surface area contributed by atoms with Gasteiger partial charge < -0.3 is 4.52 Å². The van der Waals surface area contributed by atoms with Gasteiger partial charge in [-0.15, -0.1) is 0 Å². The van der Waals surface area contributed by atoms with Crippen LogP contribution in [0.1, 0.15) is 16.2 Å². The second kappa shape index (κ2) is 6.01. The number of rotatable bonds is 4. The van der Waals surface area contributed by atoms with Crippen LogP contribution in [0.25, 0.3) is 11.4 Å². The van der Waals surface area contributed by atoms with Crippen LogP contribution in [0, 0.1) is 0 Å². The van der Waals surface area contributed by atoms with Crippen molar-refractivity contribution in [3.63, 3.8) is 0 Å².